The second kappa shape index (κ2) is 7.19. The van der Waals surface area contributed by atoms with Gasteiger partial charge in [-0.25, -0.2) is 0 Å². The lowest BCUT2D eigenvalue weighted by Crippen LogP contribution is -2.19. The number of hydrogen-bond acceptors (Lipinski definition) is 2. The van der Waals surface area contributed by atoms with Crippen molar-refractivity contribution >= 4 is 37.3 Å². The summed E-state index contributed by atoms with van der Waals surface area (Å²) in [6.07, 6.45) is 5.36. The molecule has 0 spiro atoms. The molecule has 2 fully saturated rings. The molecule has 2 aromatic rings. The van der Waals surface area contributed by atoms with Crippen molar-refractivity contribution in [3.05, 3.63) is 48.5 Å². The van der Waals surface area contributed by atoms with Crippen LogP contribution in [-0.4, -0.2) is 33.7 Å². The normalized spacial score (nSPS) is 17.9. The van der Waals surface area contributed by atoms with E-state index in [0.29, 0.717) is 0 Å². The van der Waals surface area contributed by atoms with Crippen LogP contribution in [0.15, 0.2) is 48.5 Å². The first-order valence-corrected chi connectivity index (χ1v) is 11.0. The standard InChI is InChI=1S/C20H26BN2P/c21-24(19-9-5-17(6-10-19)22-13-1-2-14-22)20-11-7-18(8-12-20)23-15-3-4-16-23/h5-12H,1-4,13-16,21H2. The molecule has 2 aliphatic rings. The maximum atomic E-state index is 2.51. The highest BCUT2D eigenvalue weighted by Crippen LogP contribution is 2.30. The van der Waals surface area contributed by atoms with Crippen LogP contribution in [0.2, 0.25) is 0 Å². The zero-order valence-electron chi connectivity index (χ0n) is 14.6. The Labute approximate surface area is 148 Å². The van der Waals surface area contributed by atoms with Crippen molar-refractivity contribution in [2.75, 3.05) is 36.0 Å². The Morgan fingerprint density at radius 3 is 1.25 bits per heavy atom. The fourth-order valence-electron chi connectivity index (χ4n) is 3.87. The van der Waals surface area contributed by atoms with Crippen LogP contribution in [0.5, 0.6) is 0 Å². The number of hydrogen-bond donors (Lipinski definition) is 0. The zero-order valence-corrected chi connectivity index (χ0v) is 15.5. The SMILES string of the molecule is BP(c1ccc(N2CCCC2)cc1)c1ccc(N2CCCC2)cc1. The summed E-state index contributed by atoms with van der Waals surface area (Å²) in [6.45, 7) is 4.88. The highest BCUT2D eigenvalue weighted by molar-refractivity contribution is 7.94. The lowest BCUT2D eigenvalue weighted by molar-refractivity contribution is 0.949. The second-order valence-electron chi connectivity index (χ2n) is 6.98. The molecule has 4 rings (SSSR count). The summed E-state index contributed by atoms with van der Waals surface area (Å²) in [4.78, 5) is 5.01. The van der Waals surface area contributed by atoms with Crippen molar-refractivity contribution in [2.45, 2.75) is 25.7 Å². The number of anilines is 2. The van der Waals surface area contributed by atoms with E-state index in [2.05, 4.69) is 65.9 Å². The molecular weight excluding hydrogens is 310 g/mol. The summed E-state index contributed by atoms with van der Waals surface area (Å²) in [7, 11) is 2.12. The van der Waals surface area contributed by atoms with Gasteiger partial charge in [-0.2, -0.15) is 0 Å². The van der Waals surface area contributed by atoms with E-state index in [1.807, 2.05) is 0 Å². The molecule has 0 aliphatic carbocycles. The molecule has 2 aromatic carbocycles. The van der Waals surface area contributed by atoms with Gasteiger partial charge in [0.1, 0.15) is 7.57 Å². The van der Waals surface area contributed by atoms with Crippen LogP contribution in [-0.2, 0) is 0 Å². The van der Waals surface area contributed by atoms with Crippen LogP contribution in [0, 0.1) is 0 Å². The molecule has 124 valence electrons. The van der Waals surface area contributed by atoms with Gasteiger partial charge in [-0.3, -0.25) is 0 Å². The average Bonchev–Trinajstić information content (AvgIpc) is 3.35. The minimum atomic E-state index is -0.257. The molecule has 0 aromatic heterocycles. The van der Waals surface area contributed by atoms with E-state index in [-0.39, 0.29) is 7.80 Å². The van der Waals surface area contributed by atoms with E-state index in [9.17, 15) is 0 Å². The average molecular weight is 336 g/mol. The van der Waals surface area contributed by atoms with Gasteiger partial charge in [0.25, 0.3) is 0 Å². The van der Waals surface area contributed by atoms with Crippen LogP contribution in [0.1, 0.15) is 25.7 Å². The second-order valence-corrected chi connectivity index (χ2v) is 9.13. The van der Waals surface area contributed by atoms with E-state index in [4.69, 9.17) is 0 Å². The lowest BCUT2D eigenvalue weighted by Gasteiger charge is -2.21. The molecule has 0 saturated carbocycles. The Kier molecular flexibility index (Phi) is 4.80. The van der Waals surface area contributed by atoms with Crippen molar-refractivity contribution < 1.29 is 0 Å². The minimum absolute atomic E-state index is 0.257. The van der Waals surface area contributed by atoms with Crippen LogP contribution < -0.4 is 20.4 Å². The van der Waals surface area contributed by atoms with Crippen molar-refractivity contribution in [2.24, 2.45) is 0 Å². The minimum Gasteiger partial charge on any atom is -0.372 e. The predicted molar refractivity (Wildman–Crippen MR) is 111 cm³/mol. The Morgan fingerprint density at radius 1 is 0.583 bits per heavy atom. The van der Waals surface area contributed by atoms with Gasteiger partial charge in [-0.1, -0.05) is 32.1 Å². The molecule has 4 heteroatoms. The van der Waals surface area contributed by atoms with Crippen LogP contribution in [0.3, 0.4) is 0 Å². The van der Waals surface area contributed by atoms with Gasteiger partial charge in [0.05, 0.1) is 0 Å². The fraction of sp³-hybridized carbons (Fsp3) is 0.400. The van der Waals surface area contributed by atoms with E-state index < -0.39 is 0 Å². The summed E-state index contributed by atoms with van der Waals surface area (Å²) in [5.74, 6) is 0. The molecule has 0 bridgehead atoms. The van der Waals surface area contributed by atoms with Crippen LogP contribution in [0.25, 0.3) is 0 Å². The Balaban J connectivity index is 1.47. The Morgan fingerprint density at radius 2 is 0.917 bits per heavy atom. The molecule has 0 atom stereocenters. The van der Waals surface area contributed by atoms with Gasteiger partial charge >= 0.3 is 0 Å². The van der Waals surface area contributed by atoms with Gasteiger partial charge in [0, 0.05) is 37.6 Å². The summed E-state index contributed by atoms with van der Waals surface area (Å²) >= 11 is 0. The maximum Gasteiger partial charge on any atom is 0.145 e. The Hall–Kier alpha value is -1.47. The first-order chi connectivity index (χ1) is 11.8. The van der Waals surface area contributed by atoms with Crippen molar-refractivity contribution in [3.63, 3.8) is 0 Å². The summed E-state index contributed by atoms with van der Waals surface area (Å²) in [5.41, 5.74) is 2.79. The Bertz CT molecular complexity index is 600. The number of nitrogens with zero attached hydrogens (tertiary/aromatic N) is 2. The van der Waals surface area contributed by atoms with E-state index >= 15 is 0 Å². The predicted octanol–water partition coefficient (Wildman–Crippen LogP) is 2.87. The van der Waals surface area contributed by atoms with Crippen LogP contribution >= 0.6 is 7.80 Å². The molecule has 2 heterocycles. The fourth-order valence-corrected chi connectivity index (χ4v) is 5.36. The molecule has 0 radical (unpaired) electrons. The molecule has 0 unspecified atom stereocenters. The maximum absolute atomic E-state index is 2.51. The molecule has 0 N–H and O–H groups in total. The highest BCUT2D eigenvalue weighted by Gasteiger charge is 2.15. The third-order valence-corrected chi connectivity index (χ3v) is 7.56. The number of benzene rings is 2. The third kappa shape index (κ3) is 3.33. The number of rotatable bonds is 4. The smallest absolute Gasteiger partial charge is 0.145 e. The van der Waals surface area contributed by atoms with E-state index in [0.717, 1.165) is 0 Å². The van der Waals surface area contributed by atoms with Crippen molar-refractivity contribution in [1.29, 1.82) is 0 Å². The van der Waals surface area contributed by atoms with Gasteiger partial charge in [0.2, 0.25) is 0 Å². The highest BCUT2D eigenvalue weighted by atomic mass is 31.1. The first-order valence-electron chi connectivity index (χ1n) is 9.25. The summed E-state index contributed by atoms with van der Waals surface area (Å²) < 4.78 is 0. The molecule has 24 heavy (non-hydrogen) atoms. The largest absolute Gasteiger partial charge is 0.372 e. The molecular formula is C20H26BN2P. The van der Waals surface area contributed by atoms with Crippen molar-refractivity contribution in [1.82, 2.24) is 0 Å². The van der Waals surface area contributed by atoms with Gasteiger partial charge < -0.3 is 9.80 Å². The van der Waals surface area contributed by atoms with Gasteiger partial charge in [-0.15, -0.1) is 0 Å². The summed E-state index contributed by atoms with van der Waals surface area (Å²) in [5, 5.41) is 2.95. The van der Waals surface area contributed by atoms with Gasteiger partial charge in [-0.05, 0) is 60.6 Å². The first kappa shape index (κ1) is 16.0. The zero-order chi connectivity index (χ0) is 16.4. The third-order valence-electron chi connectivity index (χ3n) is 5.42. The molecule has 2 saturated heterocycles. The molecule has 2 aliphatic heterocycles. The monoisotopic (exact) mass is 336 g/mol. The van der Waals surface area contributed by atoms with Crippen LogP contribution in [0.4, 0.5) is 11.4 Å². The lowest BCUT2D eigenvalue weighted by atomic mass is 10.3. The quantitative estimate of drug-likeness (QED) is 0.626. The van der Waals surface area contributed by atoms with Gasteiger partial charge in [0.15, 0.2) is 0 Å². The topological polar surface area (TPSA) is 6.48 Å². The molecule has 0 amide bonds. The van der Waals surface area contributed by atoms with E-state index in [1.165, 1.54) is 73.8 Å². The molecule has 2 nitrogen and oxygen atoms in total. The van der Waals surface area contributed by atoms with E-state index in [1.54, 1.807) is 0 Å². The van der Waals surface area contributed by atoms with Crippen molar-refractivity contribution in [3.8, 4) is 0 Å². The summed E-state index contributed by atoms with van der Waals surface area (Å²) in [6, 6.07) is 18.6.